The molecule has 0 saturated heterocycles. The normalized spacial score (nSPS) is 18.5. The number of rotatable bonds is 5. The lowest BCUT2D eigenvalue weighted by Crippen LogP contribution is -2.45. The van der Waals surface area contributed by atoms with Crippen molar-refractivity contribution < 1.29 is 13.2 Å². The number of nitrogens with one attached hydrogen (secondary N) is 2. The summed E-state index contributed by atoms with van der Waals surface area (Å²) in [5, 5.41) is 6.80. The van der Waals surface area contributed by atoms with Crippen molar-refractivity contribution in [3.05, 3.63) is 59.7 Å². The van der Waals surface area contributed by atoms with Crippen LogP contribution in [-0.2, 0) is 16.6 Å². The third kappa shape index (κ3) is 4.94. The second-order valence-electron chi connectivity index (χ2n) is 8.16. The van der Waals surface area contributed by atoms with E-state index in [9.17, 15) is 8.42 Å². The van der Waals surface area contributed by atoms with E-state index in [4.69, 9.17) is 4.74 Å². The summed E-state index contributed by atoms with van der Waals surface area (Å²) in [7, 11) is 1.36. The Labute approximate surface area is 179 Å². The highest BCUT2D eigenvalue weighted by molar-refractivity contribution is 7.89. The molecule has 1 unspecified atom stereocenters. The molecule has 1 aliphatic heterocycles. The molecule has 0 amide bonds. The highest BCUT2D eigenvalue weighted by Crippen LogP contribution is 2.39. The van der Waals surface area contributed by atoms with E-state index in [0.29, 0.717) is 12.5 Å². The first-order valence-electron chi connectivity index (χ1n) is 9.89. The molecule has 0 radical (unpaired) electrons. The molecule has 30 heavy (non-hydrogen) atoms. The summed E-state index contributed by atoms with van der Waals surface area (Å²) in [6.45, 7) is 4.69. The summed E-state index contributed by atoms with van der Waals surface area (Å²) in [4.78, 5) is 4.63. The molecule has 8 heteroatoms. The molecule has 7 nitrogen and oxygen atoms in total. The van der Waals surface area contributed by atoms with Crippen molar-refractivity contribution in [2.75, 3.05) is 21.1 Å². The molecule has 0 aliphatic carbocycles. The highest BCUT2D eigenvalue weighted by atomic mass is 32.2. The van der Waals surface area contributed by atoms with Crippen molar-refractivity contribution in [1.29, 1.82) is 0 Å². The SMILES string of the molecule is CN=C(NCc1ccc(S(=O)(=O)N(C)C)cc1)NC1CC(C)(C)Oc2ccccc21. The largest absolute Gasteiger partial charge is 0.487 e. The van der Waals surface area contributed by atoms with Gasteiger partial charge in [-0.05, 0) is 37.6 Å². The van der Waals surface area contributed by atoms with E-state index in [1.54, 1.807) is 19.2 Å². The zero-order chi connectivity index (χ0) is 21.9. The molecule has 0 fully saturated rings. The minimum absolute atomic E-state index is 0.0729. The second kappa shape index (κ2) is 8.65. The Hall–Kier alpha value is -2.58. The Morgan fingerprint density at radius 2 is 1.83 bits per heavy atom. The average Bonchev–Trinajstić information content (AvgIpc) is 2.70. The fourth-order valence-corrected chi connectivity index (χ4v) is 4.37. The van der Waals surface area contributed by atoms with Crippen molar-refractivity contribution in [1.82, 2.24) is 14.9 Å². The standard InChI is InChI=1S/C22H30N4O3S/c1-22(2)14-19(18-8-6-7-9-20(18)29-22)25-21(23-3)24-15-16-10-12-17(13-11-16)30(27,28)26(4)5/h6-13,19H,14-15H2,1-5H3,(H2,23,24,25). The smallest absolute Gasteiger partial charge is 0.242 e. The number of para-hydroxylation sites is 1. The van der Waals surface area contributed by atoms with Crippen LogP contribution in [0.3, 0.4) is 0 Å². The molecule has 0 aromatic heterocycles. The van der Waals surface area contributed by atoms with Gasteiger partial charge in [-0.15, -0.1) is 0 Å². The molecular weight excluding hydrogens is 400 g/mol. The summed E-state index contributed by atoms with van der Waals surface area (Å²) in [5.74, 6) is 1.57. The van der Waals surface area contributed by atoms with E-state index in [1.807, 2.05) is 30.3 Å². The van der Waals surface area contributed by atoms with Crippen molar-refractivity contribution in [3.8, 4) is 5.75 Å². The molecule has 1 atom stereocenters. The Balaban J connectivity index is 1.67. The van der Waals surface area contributed by atoms with E-state index in [2.05, 4.69) is 35.5 Å². The summed E-state index contributed by atoms with van der Waals surface area (Å²) in [6.07, 6.45) is 0.807. The van der Waals surface area contributed by atoms with Crippen LogP contribution in [-0.4, -0.2) is 45.4 Å². The van der Waals surface area contributed by atoms with E-state index < -0.39 is 10.0 Å². The Morgan fingerprint density at radius 1 is 1.17 bits per heavy atom. The molecule has 0 saturated carbocycles. The molecule has 2 N–H and O–H groups in total. The first kappa shape index (κ1) is 22.1. The molecule has 0 bridgehead atoms. The fraction of sp³-hybridized carbons (Fsp3) is 0.409. The van der Waals surface area contributed by atoms with Gasteiger partial charge in [-0.2, -0.15) is 0 Å². The average molecular weight is 431 g/mol. The van der Waals surface area contributed by atoms with Gasteiger partial charge in [0.15, 0.2) is 5.96 Å². The number of benzene rings is 2. The van der Waals surface area contributed by atoms with Crippen molar-refractivity contribution in [2.24, 2.45) is 4.99 Å². The van der Waals surface area contributed by atoms with Gasteiger partial charge in [0.05, 0.1) is 10.9 Å². The van der Waals surface area contributed by atoms with Crippen molar-refractivity contribution in [2.45, 2.75) is 43.4 Å². The lowest BCUT2D eigenvalue weighted by Gasteiger charge is -2.38. The van der Waals surface area contributed by atoms with E-state index in [-0.39, 0.29) is 16.5 Å². The summed E-state index contributed by atoms with van der Waals surface area (Å²) < 4.78 is 31.7. The molecule has 1 aliphatic rings. The van der Waals surface area contributed by atoms with Crippen LogP contribution >= 0.6 is 0 Å². The van der Waals surface area contributed by atoms with Gasteiger partial charge < -0.3 is 15.4 Å². The summed E-state index contributed by atoms with van der Waals surface area (Å²) in [6, 6.07) is 15.0. The number of hydrogen-bond acceptors (Lipinski definition) is 4. The quantitative estimate of drug-likeness (QED) is 0.563. The maximum atomic E-state index is 12.2. The Bertz CT molecular complexity index is 1010. The van der Waals surface area contributed by atoms with Gasteiger partial charge >= 0.3 is 0 Å². The topological polar surface area (TPSA) is 83.0 Å². The van der Waals surface area contributed by atoms with Gasteiger partial charge in [0.1, 0.15) is 11.4 Å². The number of hydrogen-bond donors (Lipinski definition) is 2. The van der Waals surface area contributed by atoms with Gasteiger partial charge in [0.25, 0.3) is 0 Å². The van der Waals surface area contributed by atoms with Gasteiger partial charge in [-0.3, -0.25) is 4.99 Å². The molecule has 0 spiro atoms. The molecule has 3 rings (SSSR count). The van der Waals surface area contributed by atoms with Crippen molar-refractivity contribution >= 4 is 16.0 Å². The first-order chi connectivity index (χ1) is 14.1. The van der Waals surface area contributed by atoms with E-state index in [0.717, 1.165) is 23.3 Å². The fourth-order valence-electron chi connectivity index (χ4n) is 3.47. The van der Waals surface area contributed by atoms with Crippen LogP contribution in [0.15, 0.2) is 58.4 Å². The van der Waals surface area contributed by atoms with E-state index >= 15 is 0 Å². The maximum absolute atomic E-state index is 12.2. The van der Waals surface area contributed by atoms with Crippen LogP contribution in [0.1, 0.15) is 37.4 Å². The number of aliphatic imine (C=N–C) groups is 1. The van der Waals surface area contributed by atoms with Gasteiger partial charge in [0, 0.05) is 39.7 Å². The number of nitrogens with zero attached hydrogens (tertiary/aromatic N) is 2. The minimum Gasteiger partial charge on any atom is -0.487 e. The molecule has 162 valence electrons. The predicted molar refractivity (Wildman–Crippen MR) is 119 cm³/mol. The second-order valence-corrected chi connectivity index (χ2v) is 10.3. The van der Waals surface area contributed by atoms with Gasteiger partial charge in [0.2, 0.25) is 10.0 Å². The lowest BCUT2D eigenvalue weighted by molar-refractivity contribution is 0.0694. The third-order valence-electron chi connectivity index (χ3n) is 5.07. The number of fused-ring (bicyclic) bond motifs is 1. The number of ether oxygens (including phenoxy) is 1. The van der Waals surface area contributed by atoms with Gasteiger partial charge in [-0.1, -0.05) is 30.3 Å². The zero-order valence-corrected chi connectivity index (χ0v) is 19.0. The van der Waals surface area contributed by atoms with Crippen LogP contribution in [0.4, 0.5) is 0 Å². The van der Waals surface area contributed by atoms with Crippen molar-refractivity contribution in [3.63, 3.8) is 0 Å². The van der Waals surface area contributed by atoms with Crippen LogP contribution in [0.25, 0.3) is 0 Å². The molecular formula is C22H30N4O3S. The highest BCUT2D eigenvalue weighted by Gasteiger charge is 2.33. The molecule has 2 aromatic carbocycles. The Kier molecular flexibility index (Phi) is 6.38. The molecule has 2 aromatic rings. The first-order valence-corrected chi connectivity index (χ1v) is 11.3. The van der Waals surface area contributed by atoms with Gasteiger partial charge in [-0.25, -0.2) is 12.7 Å². The van der Waals surface area contributed by atoms with Crippen LogP contribution in [0.2, 0.25) is 0 Å². The van der Waals surface area contributed by atoms with Crippen LogP contribution < -0.4 is 15.4 Å². The Morgan fingerprint density at radius 3 is 2.47 bits per heavy atom. The third-order valence-corrected chi connectivity index (χ3v) is 6.90. The number of sulfonamides is 1. The summed E-state index contributed by atoms with van der Waals surface area (Å²) in [5.41, 5.74) is 1.79. The zero-order valence-electron chi connectivity index (χ0n) is 18.1. The number of guanidine groups is 1. The predicted octanol–water partition coefficient (Wildman–Crippen LogP) is 2.90. The maximum Gasteiger partial charge on any atom is 0.242 e. The van der Waals surface area contributed by atoms with Crippen LogP contribution in [0.5, 0.6) is 5.75 Å². The minimum atomic E-state index is -3.42. The summed E-state index contributed by atoms with van der Waals surface area (Å²) >= 11 is 0. The van der Waals surface area contributed by atoms with Crippen LogP contribution in [0, 0.1) is 0 Å². The lowest BCUT2D eigenvalue weighted by atomic mass is 9.90. The monoisotopic (exact) mass is 430 g/mol. The molecule has 1 heterocycles. The van der Waals surface area contributed by atoms with E-state index in [1.165, 1.54) is 18.4 Å².